The number of benzene rings is 2. The number of aromatic nitrogens is 2. The molecule has 0 saturated heterocycles. The lowest BCUT2D eigenvalue weighted by Crippen LogP contribution is -2.15. The van der Waals surface area contributed by atoms with Crippen LogP contribution in [-0.4, -0.2) is 21.8 Å². The summed E-state index contributed by atoms with van der Waals surface area (Å²) in [6.45, 7) is 1.85. The lowest BCUT2D eigenvalue weighted by atomic mass is 10.1. The minimum Gasteiger partial charge on any atom is -0.424 e. The van der Waals surface area contributed by atoms with Gasteiger partial charge in [-0.05, 0) is 66.4 Å². The maximum Gasteiger partial charge on any atom is 0.321 e. The van der Waals surface area contributed by atoms with Crippen molar-refractivity contribution in [3.8, 4) is 11.8 Å². The Morgan fingerprint density at radius 1 is 0.938 bits per heavy atom. The zero-order chi connectivity index (χ0) is 22.5. The Bertz CT molecular complexity index is 1260. The van der Waals surface area contributed by atoms with E-state index < -0.39 is 0 Å². The molecule has 0 bridgehead atoms. The number of carbonyl (C=O) groups is 2. The summed E-state index contributed by atoms with van der Waals surface area (Å²) in [5.41, 5.74) is 2.14. The van der Waals surface area contributed by atoms with E-state index in [1.54, 1.807) is 67.0 Å². The van der Waals surface area contributed by atoms with Crippen LogP contribution < -0.4 is 15.4 Å². The van der Waals surface area contributed by atoms with E-state index in [-0.39, 0.29) is 17.8 Å². The number of carbonyl (C=O) groups excluding carboxylic acids is 2. The molecule has 2 heterocycles. The highest BCUT2D eigenvalue weighted by Gasteiger charge is 2.14. The molecule has 7 nitrogen and oxygen atoms in total. The first-order valence-electron chi connectivity index (χ1n) is 9.51. The second kappa shape index (κ2) is 9.59. The first-order chi connectivity index (χ1) is 15.5. The van der Waals surface area contributed by atoms with Crippen LogP contribution in [0.5, 0.6) is 11.8 Å². The van der Waals surface area contributed by atoms with Crippen molar-refractivity contribution in [3.63, 3.8) is 0 Å². The topological polar surface area (TPSA) is 93.2 Å². The fourth-order valence-corrected chi connectivity index (χ4v) is 3.62. The van der Waals surface area contributed by atoms with Gasteiger partial charge in [0.25, 0.3) is 11.8 Å². The van der Waals surface area contributed by atoms with Gasteiger partial charge in [-0.15, -0.1) is 11.3 Å². The molecule has 0 saturated carbocycles. The molecule has 2 aromatic heterocycles. The number of halogens is 1. The van der Waals surface area contributed by atoms with E-state index in [1.807, 2.05) is 12.3 Å². The van der Waals surface area contributed by atoms with Crippen LogP contribution in [0, 0.1) is 6.92 Å². The van der Waals surface area contributed by atoms with Gasteiger partial charge in [0.15, 0.2) is 0 Å². The molecule has 9 heteroatoms. The quantitative estimate of drug-likeness (QED) is 0.376. The summed E-state index contributed by atoms with van der Waals surface area (Å²) >= 11 is 7.53. The van der Waals surface area contributed by atoms with Crippen LogP contribution in [-0.2, 0) is 0 Å². The first-order valence-corrected chi connectivity index (χ1v) is 10.8. The van der Waals surface area contributed by atoms with Gasteiger partial charge >= 0.3 is 6.01 Å². The fraction of sp³-hybridized carbons (Fsp3) is 0.0435. The van der Waals surface area contributed by atoms with Crippen molar-refractivity contribution in [3.05, 3.63) is 93.4 Å². The Labute approximate surface area is 193 Å². The fourth-order valence-electron chi connectivity index (χ4n) is 2.83. The Morgan fingerprint density at radius 3 is 2.44 bits per heavy atom. The van der Waals surface area contributed by atoms with Crippen molar-refractivity contribution in [2.24, 2.45) is 0 Å². The maximum absolute atomic E-state index is 12.8. The van der Waals surface area contributed by atoms with E-state index >= 15 is 0 Å². The van der Waals surface area contributed by atoms with E-state index in [1.165, 1.54) is 11.3 Å². The summed E-state index contributed by atoms with van der Waals surface area (Å²) in [6, 6.07) is 15.4. The van der Waals surface area contributed by atoms with Crippen LogP contribution >= 0.6 is 22.9 Å². The zero-order valence-corrected chi connectivity index (χ0v) is 18.4. The molecule has 32 heavy (non-hydrogen) atoms. The average Bonchev–Trinajstić information content (AvgIpc) is 3.33. The molecule has 4 aromatic rings. The molecule has 0 unspecified atom stereocenters. The third-order valence-corrected chi connectivity index (χ3v) is 5.62. The van der Waals surface area contributed by atoms with Gasteiger partial charge in [-0.25, -0.2) is 9.97 Å². The molecule has 0 fully saturated rings. The Balaban J connectivity index is 1.47. The van der Waals surface area contributed by atoms with Crippen LogP contribution in [0.2, 0.25) is 5.02 Å². The van der Waals surface area contributed by atoms with Crippen LogP contribution in [0.15, 0.2) is 72.4 Å². The highest BCUT2D eigenvalue weighted by Crippen LogP contribution is 2.27. The molecule has 160 valence electrons. The van der Waals surface area contributed by atoms with E-state index in [0.717, 1.165) is 5.56 Å². The lowest BCUT2D eigenvalue weighted by molar-refractivity contribution is 0.101. The summed E-state index contributed by atoms with van der Waals surface area (Å²) in [7, 11) is 0. The molecule has 0 atom stereocenters. The van der Waals surface area contributed by atoms with Gasteiger partial charge in [0.05, 0.1) is 15.6 Å². The molecular weight excluding hydrogens is 448 g/mol. The minimum absolute atomic E-state index is 0.238. The van der Waals surface area contributed by atoms with Gasteiger partial charge in [-0.2, -0.15) is 0 Å². The SMILES string of the molecule is Cc1cc(Oc2ncccn2)ccc1NC(=O)c1ccc(Cl)c(NC(=O)c2cccs2)c1. The maximum atomic E-state index is 12.8. The molecule has 0 aliphatic carbocycles. The van der Waals surface area contributed by atoms with E-state index in [2.05, 4.69) is 20.6 Å². The molecule has 2 amide bonds. The lowest BCUT2D eigenvalue weighted by Gasteiger charge is -2.12. The summed E-state index contributed by atoms with van der Waals surface area (Å²) in [5, 5.41) is 7.76. The highest BCUT2D eigenvalue weighted by atomic mass is 35.5. The van der Waals surface area contributed by atoms with Crippen LogP contribution in [0.3, 0.4) is 0 Å². The molecule has 0 spiro atoms. The molecule has 0 radical (unpaired) electrons. The third kappa shape index (κ3) is 5.11. The van der Waals surface area contributed by atoms with Gasteiger partial charge in [-0.3, -0.25) is 9.59 Å². The van der Waals surface area contributed by atoms with Gasteiger partial charge in [0.2, 0.25) is 0 Å². The van der Waals surface area contributed by atoms with Crippen molar-refractivity contribution in [1.29, 1.82) is 0 Å². The molecular formula is C23H17ClN4O3S. The number of thiophene rings is 1. The number of nitrogens with one attached hydrogen (secondary N) is 2. The van der Waals surface area contributed by atoms with Gasteiger partial charge in [-0.1, -0.05) is 17.7 Å². The number of nitrogens with zero attached hydrogens (tertiary/aromatic N) is 2. The molecule has 2 N–H and O–H groups in total. The summed E-state index contributed by atoms with van der Waals surface area (Å²) in [5.74, 6) is -0.0681. The first kappa shape index (κ1) is 21.5. The van der Waals surface area contributed by atoms with Crippen molar-refractivity contribution in [2.45, 2.75) is 6.92 Å². The van der Waals surface area contributed by atoms with Crippen LogP contribution in [0.25, 0.3) is 0 Å². The smallest absolute Gasteiger partial charge is 0.321 e. The molecule has 0 aliphatic rings. The second-order valence-corrected chi connectivity index (χ2v) is 8.05. The largest absolute Gasteiger partial charge is 0.424 e. The monoisotopic (exact) mass is 464 g/mol. The van der Waals surface area contributed by atoms with Crippen molar-refractivity contribution in [2.75, 3.05) is 10.6 Å². The molecule has 2 aromatic carbocycles. The van der Waals surface area contributed by atoms with Crippen molar-refractivity contribution < 1.29 is 14.3 Å². The van der Waals surface area contributed by atoms with Crippen molar-refractivity contribution >= 4 is 46.1 Å². The third-order valence-electron chi connectivity index (χ3n) is 4.42. The predicted octanol–water partition coefficient (Wildman–Crippen LogP) is 5.80. The van der Waals surface area contributed by atoms with Gasteiger partial charge in [0, 0.05) is 23.6 Å². The van der Waals surface area contributed by atoms with Gasteiger partial charge in [0.1, 0.15) is 5.75 Å². The number of hydrogen-bond acceptors (Lipinski definition) is 6. The number of hydrogen-bond donors (Lipinski definition) is 2. The Hall–Kier alpha value is -3.75. The predicted molar refractivity (Wildman–Crippen MR) is 125 cm³/mol. The highest BCUT2D eigenvalue weighted by molar-refractivity contribution is 7.12. The summed E-state index contributed by atoms with van der Waals surface area (Å²) in [4.78, 5) is 33.7. The minimum atomic E-state index is -0.337. The molecule has 0 aliphatic heterocycles. The van der Waals surface area contributed by atoms with E-state index in [4.69, 9.17) is 16.3 Å². The number of aryl methyl sites for hydroxylation is 1. The average molecular weight is 465 g/mol. The number of amides is 2. The number of anilines is 2. The summed E-state index contributed by atoms with van der Waals surface area (Å²) < 4.78 is 5.61. The second-order valence-electron chi connectivity index (χ2n) is 6.69. The standard InChI is InChI=1S/C23H17ClN4O3S/c1-14-12-16(31-23-25-9-3-10-26-23)6-8-18(14)27-21(29)15-5-7-17(24)19(13-15)28-22(30)20-4-2-11-32-20/h2-13H,1H3,(H,27,29)(H,28,30). The zero-order valence-electron chi connectivity index (χ0n) is 16.8. The Kier molecular flexibility index (Phi) is 6.44. The van der Waals surface area contributed by atoms with Crippen LogP contribution in [0.4, 0.5) is 11.4 Å². The molecule has 4 rings (SSSR count). The normalized spacial score (nSPS) is 10.4. The number of rotatable bonds is 6. The number of ether oxygens (including phenoxy) is 1. The van der Waals surface area contributed by atoms with E-state index in [0.29, 0.717) is 32.6 Å². The summed E-state index contributed by atoms with van der Waals surface area (Å²) in [6.07, 6.45) is 3.18. The van der Waals surface area contributed by atoms with Crippen LogP contribution in [0.1, 0.15) is 25.6 Å². The van der Waals surface area contributed by atoms with Crippen molar-refractivity contribution in [1.82, 2.24) is 9.97 Å². The Morgan fingerprint density at radius 2 is 1.72 bits per heavy atom. The van der Waals surface area contributed by atoms with E-state index in [9.17, 15) is 9.59 Å². The van der Waals surface area contributed by atoms with Gasteiger partial charge < -0.3 is 15.4 Å².